The molecule has 0 aromatic carbocycles. The fraction of sp³-hybridized carbons (Fsp3) is 0.118. The number of amides is 2. The van der Waals surface area contributed by atoms with E-state index in [9.17, 15) is 14.4 Å². The van der Waals surface area contributed by atoms with E-state index < -0.39 is 23.6 Å². The molecule has 0 spiro atoms. The van der Waals surface area contributed by atoms with E-state index in [2.05, 4.69) is 25.4 Å². The third-order valence-corrected chi connectivity index (χ3v) is 3.61. The Morgan fingerprint density at radius 3 is 2.41 bits per heavy atom. The molecular formula is C17H15N7O3. The first kappa shape index (κ1) is 17.9. The molecule has 0 saturated heterocycles. The third-order valence-electron chi connectivity index (χ3n) is 3.61. The molecule has 0 aliphatic heterocycles. The molecule has 10 nitrogen and oxygen atoms in total. The second-order valence-electron chi connectivity index (χ2n) is 5.44. The largest absolute Gasteiger partial charge is 0.363 e. The summed E-state index contributed by atoms with van der Waals surface area (Å²) in [6.07, 6.45) is 5.89. The normalized spacial score (nSPS) is 11.6. The number of pyridine rings is 1. The van der Waals surface area contributed by atoms with E-state index in [0.717, 1.165) is 0 Å². The first-order valence-electron chi connectivity index (χ1n) is 7.92. The molecule has 2 amide bonds. The van der Waals surface area contributed by atoms with Gasteiger partial charge in [0, 0.05) is 25.0 Å². The lowest BCUT2D eigenvalue weighted by Gasteiger charge is -2.15. The highest BCUT2D eigenvalue weighted by atomic mass is 16.2. The van der Waals surface area contributed by atoms with Crippen LogP contribution in [0.4, 0.5) is 0 Å². The van der Waals surface area contributed by atoms with Crippen LogP contribution in [0.5, 0.6) is 0 Å². The van der Waals surface area contributed by atoms with Crippen molar-refractivity contribution >= 4 is 17.6 Å². The number of primary amides is 1. The zero-order chi connectivity index (χ0) is 19.2. The summed E-state index contributed by atoms with van der Waals surface area (Å²) in [4.78, 5) is 48.3. The first-order chi connectivity index (χ1) is 13.1. The van der Waals surface area contributed by atoms with Crippen LogP contribution in [0.3, 0.4) is 0 Å². The number of carbonyl (C=O) groups excluding carboxylic acids is 3. The Hall–Kier alpha value is -3.95. The van der Waals surface area contributed by atoms with Crippen LogP contribution >= 0.6 is 0 Å². The number of ketones is 1. The van der Waals surface area contributed by atoms with Crippen molar-refractivity contribution in [1.82, 2.24) is 30.0 Å². The highest BCUT2D eigenvalue weighted by Crippen LogP contribution is 2.08. The van der Waals surface area contributed by atoms with E-state index in [-0.39, 0.29) is 17.9 Å². The van der Waals surface area contributed by atoms with Gasteiger partial charge in [-0.3, -0.25) is 14.4 Å². The zero-order valence-electron chi connectivity index (χ0n) is 14.0. The standard InChI is InChI=1S/C17H15N7O3/c18-16(26)15(25)11(10-13-19-7-3-8-20-13)23-17(27)12-5-9-22-24(12)14-4-1-2-6-21-14/h1-9,11H,10H2,(H2,18,26)(H,23,27). The molecule has 3 aromatic rings. The minimum absolute atomic E-state index is 0.0773. The number of aromatic nitrogens is 5. The van der Waals surface area contributed by atoms with Gasteiger partial charge in [0.05, 0.1) is 6.20 Å². The fourth-order valence-electron chi connectivity index (χ4n) is 2.37. The van der Waals surface area contributed by atoms with Gasteiger partial charge in [-0.2, -0.15) is 5.10 Å². The molecule has 3 N–H and O–H groups in total. The molecule has 10 heteroatoms. The summed E-state index contributed by atoms with van der Waals surface area (Å²) in [5.41, 5.74) is 5.24. The first-order valence-corrected chi connectivity index (χ1v) is 7.92. The molecule has 0 fully saturated rings. The zero-order valence-corrected chi connectivity index (χ0v) is 14.0. The van der Waals surface area contributed by atoms with Gasteiger partial charge >= 0.3 is 0 Å². The predicted octanol–water partition coefficient (Wildman–Crippen LogP) is -0.547. The van der Waals surface area contributed by atoms with Gasteiger partial charge in [0.1, 0.15) is 17.6 Å². The molecule has 0 aliphatic rings. The van der Waals surface area contributed by atoms with Crippen LogP contribution in [0.25, 0.3) is 5.82 Å². The molecule has 1 atom stereocenters. The summed E-state index contributed by atoms with van der Waals surface area (Å²) >= 11 is 0. The molecule has 3 heterocycles. The number of nitrogens with two attached hydrogens (primary N) is 1. The maximum Gasteiger partial charge on any atom is 0.287 e. The van der Waals surface area contributed by atoms with Gasteiger partial charge in [-0.1, -0.05) is 6.07 Å². The van der Waals surface area contributed by atoms with Crippen molar-refractivity contribution in [2.24, 2.45) is 5.73 Å². The Morgan fingerprint density at radius 2 is 1.74 bits per heavy atom. The topological polar surface area (TPSA) is 146 Å². The molecule has 0 bridgehead atoms. The number of nitrogens with one attached hydrogen (secondary N) is 1. The van der Waals surface area contributed by atoms with Crippen LogP contribution in [0.1, 0.15) is 16.3 Å². The summed E-state index contributed by atoms with van der Waals surface area (Å²) < 4.78 is 1.32. The summed E-state index contributed by atoms with van der Waals surface area (Å²) in [7, 11) is 0. The van der Waals surface area contributed by atoms with Gasteiger partial charge < -0.3 is 11.1 Å². The van der Waals surface area contributed by atoms with Crippen LogP contribution in [-0.2, 0) is 16.0 Å². The Bertz CT molecular complexity index is 957. The maximum absolute atomic E-state index is 12.7. The summed E-state index contributed by atoms with van der Waals surface area (Å²) in [5.74, 6) is -2.00. The lowest BCUT2D eigenvalue weighted by atomic mass is 10.1. The summed E-state index contributed by atoms with van der Waals surface area (Å²) in [6, 6.07) is 7.02. The van der Waals surface area contributed by atoms with Crippen molar-refractivity contribution in [3.8, 4) is 5.82 Å². The molecule has 3 rings (SSSR count). The SMILES string of the molecule is NC(=O)C(=O)C(Cc1ncccn1)NC(=O)c1ccnn1-c1ccccn1. The number of hydrogen-bond acceptors (Lipinski definition) is 7. The number of carbonyl (C=O) groups is 3. The van der Waals surface area contributed by atoms with Crippen molar-refractivity contribution < 1.29 is 14.4 Å². The minimum atomic E-state index is -1.20. The maximum atomic E-state index is 12.7. The molecule has 0 aliphatic carbocycles. The molecular weight excluding hydrogens is 350 g/mol. The van der Waals surface area contributed by atoms with Gasteiger partial charge in [-0.25, -0.2) is 19.6 Å². The molecule has 3 aromatic heterocycles. The molecule has 136 valence electrons. The lowest BCUT2D eigenvalue weighted by molar-refractivity contribution is -0.137. The third kappa shape index (κ3) is 4.18. The average Bonchev–Trinajstić information content (AvgIpc) is 3.18. The van der Waals surface area contributed by atoms with Crippen LogP contribution in [-0.4, -0.2) is 48.4 Å². The number of hydrogen-bond donors (Lipinski definition) is 2. The van der Waals surface area contributed by atoms with Crippen molar-refractivity contribution in [2.75, 3.05) is 0 Å². The number of rotatable bonds is 7. The van der Waals surface area contributed by atoms with E-state index >= 15 is 0 Å². The smallest absolute Gasteiger partial charge is 0.287 e. The van der Waals surface area contributed by atoms with Gasteiger partial charge in [-0.15, -0.1) is 0 Å². The second kappa shape index (κ2) is 7.95. The Kier molecular flexibility index (Phi) is 5.26. The van der Waals surface area contributed by atoms with Crippen molar-refractivity contribution in [3.63, 3.8) is 0 Å². The monoisotopic (exact) mass is 365 g/mol. The highest BCUT2D eigenvalue weighted by Gasteiger charge is 2.28. The predicted molar refractivity (Wildman–Crippen MR) is 92.6 cm³/mol. The second-order valence-corrected chi connectivity index (χ2v) is 5.44. The van der Waals surface area contributed by atoms with E-state index in [1.807, 2.05) is 0 Å². The van der Waals surface area contributed by atoms with E-state index in [1.54, 1.807) is 30.5 Å². The van der Waals surface area contributed by atoms with Crippen molar-refractivity contribution in [3.05, 3.63) is 66.6 Å². The molecule has 0 radical (unpaired) electrons. The van der Waals surface area contributed by atoms with E-state index in [4.69, 9.17) is 5.73 Å². The van der Waals surface area contributed by atoms with Gasteiger partial charge in [0.15, 0.2) is 5.82 Å². The van der Waals surface area contributed by atoms with Gasteiger partial charge in [0.25, 0.3) is 11.8 Å². The Morgan fingerprint density at radius 1 is 1.00 bits per heavy atom. The van der Waals surface area contributed by atoms with Crippen LogP contribution in [0.15, 0.2) is 55.1 Å². The van der Waals surface area contributed by atoms with Crippen LogP contribution < -0.4 is 11.1 Å². The summed E-state index contributed by atoms with van der Waals surface area (Å²) in [6.45, 7) is 0. The minimum Gasteiger partial charge on any atom is -0.363 e. The Balaban J connectivity index is 1.84. The number of nitrogens with zero attached hydrogens (tertiary/aromatic N) is 5. The number of Topliss-reactive ketones (excluding diaryl/α,β-unsaturated/α-hetero) is 1. The molecule has 1 unspecified atom stereocenters. The van der Waals surface area contributed by atoms with Gasteiger partial charge in [0.2, 0.25) is 5.78 Å². The molecule has 0 saturated carbocycles. The quantitative estimate of drug-likeness (QED) is 0.534. The van der Waals surface area contributed by atoms with Gasteiger partial charge in [-0.05, 0) is 24.3 Å². The van der Waals surface area contributed by atoms with Crippen LogP contribution in [0, 0.1) is 0 Å². The van der Waals surface area contributed by atoms with Crippen molar-refractivity contribution in [2.45, 2.75) is 12.5 Å². The lowest BCUT2D eigenvalue weighted by Crippen LogP contribution is -2.48. The van der Waals surface area contributed by atoms with E-state index in [0.29, 0.717) is 5.82 Å². The van der Waals surface area contributed by atoms with E-state index in [1.165, 1.54) is 29.3 Å². The average molecular weight is 365 g/mol. The highest BCUT2D eigenvalue weighted by molar-refractivity contribution is 6.38. The summed E-state index contributed by atoms with van der Waals surface area (Å²) in [5, 5.41) is 6.57. The van der Waals surface area contributed by atoms with Crippen LogP contribution in [0.2, 0.25) is 0 Å². The Labute approximate surface area is 153 Å². The molecule has 27 heavy (non-hydrogen) atoms. The fourth-order valence-corrected chi connectivity index (χ4v) is 2.37. The van der Waals surface area contributed by atoms with Crippen molar-refractivity contribution in [1.29, 1.82) is 0 Å².